The zero-order valence-corrected chi connectivity index (χ0v) is 20.7. The lowest BCUT2D eigenvalue weighted by atomic mass is 9.70. The summed E-state index contributed by atoms with van der Waals surface area (Å²) in [5.41, 5.74) is 1.66. The van der Waals surface area contributed by atoms with Gasteiger partial charge in [0.1, 0.15) is 29.1 Å². The van der Waals surface area contributed by atoms with E-state index in [4.69, 9.17) is 4.74 Å². The molecule has 2 aromatic carbocycles. The number of carbonyl (C=O) groups excluding carboxylic acids is 2. The predicted octanol–water partition coefficient (Wildman–Crippen LogP) is 5.78. The van der Waals surface area contributed by atoms with Crippen molar-refractivity contribution in [1.82, 2.24) is 15.6 Å². The number of amides is 2. The first-order chi connectivity index (χ1) is 16.9. The molecule has 3 aromatic rings. The van der Waals surface area contributed by atoms with Gasteiger partial charge in [-0.05, 0) is 93.8 Å². The number of benzene rings is 2. The SMILES string of the molecule is C[C@@H](NC(=O)OC(C)(C)C)C(=O)NC[C@H]1C[C@H](c2c(-c3ccc(F)cc3)[nH]c3c(F)cc(F)cc32)C1. The van der Waals surface area contributed by atoms with Crippen LogP contribution in [-0.2, 0) is 9.53 Å². The van der Waals surface area contributed by atoms with Gasteiger partial charge in [-0.3, -0.25) is 4.79 Å². The molecule has 0 bridgehead atoms. The Morgan fingerprint density at radius 1 is 1.08 bits per heavy atom. The van der Waals surface area contributed by atoms with Crippen LogP contribution in [0, 0.1) is 23.4 Å². The molecule has 0 unspecified atom stereocenters. The molecule has 192 valence electrons. The molecule has 0 radical (unpaired) electrons. The molecule has 1 fully saturated rings. The summed E-state index contributed by atoms with van der Waals surface area (Å²) >= 11 is 0. The lowest BCUT2D eigenvalue weighted by Crippen LogP contribution is -2.48. The summed E-state index contributed by atoms with van der Waals surface area (Å²) in [7, 11) is 0. The fourth-order valence-corrected chi connectivity index (χ4v) is 4.59. The topological polar surface area (TPSA) is 83.2 Å². The van der Waals surface area contributed by atoms with E-state index in [1.807, 2.05) is 0 Å². The highest BCUT2D eigenvalue weighted by Crippen LogP contribution is 2.48. The van der Waals surface area contributed by atoms with Crippen LogP contribution in [0.2, 0.25) is 0 Å². The smallest absolute Gasteiger partial charge is 0.408 e. The van der Waals surface area contributed by atoms with Gasteiger partial charge in [0.2, 0.25) is 5.91 Å². The predicted molar refractivity (Wildman–Crippen MR) is 131 cm³/mol. The summed E-state index contributed by atoms with van der Waals surface area (Å²) < 4.78 is 47.3. The van der Waals surface area contributed by atoms with Crippen LogP contribution in [0.25, 0.3) is 22.2 Å². The van der Waals surface area contributed by atoms with E-state index in [9.17, 15) is 22.8 Å². The van der Waals surface area contributed by atoms with Gasteiger partial charge in [-0.2, -0.15) is 0 Å². The number of ether oxygens (including phenoxy) is 1. The molecule has 1 aliphatic carbocycles. The zero-order chi connectivity index (χ0) is 26.2. The fraction of sp³-hybridized carbons (Fsp3) is 0.407. The van der Waals surface area contributed by atoms with Gasteiger partial charge in [-0.15, -0.1) is 0 Å². The quantitative estimate of drug-likeness (QED) is 0.401. The average Bonchev–Trinajstić information content (AvgIpc) is 3.11. The first-order valence-electron chi connectivity index (χ1n) is 11.9. The first-order valence-corrected chi connectivity index (χ1v) is 11.9. The summed E-state index contributed by atoms with van der Waals surface area (Å²) in [6.07, 6.45) is 0.738. The van der Waals surface area contributed by atoms with E-state index >= 15 is 0 Å². The van der Waals surface area contributed by atoms with Crippen molar-refractivity contribution in [1.29, 1.82) is 0 Å². The van der Waals surface area contributed by atoms with Crippen LogP contribution in [0.5, 0.6) is 0 Å². The molecule has 1 aliphatic rings. The molecule has 4 rings (SSSR count). The molecule has 9 heteroatoms. The highest BCUT2D eigenvalue weighted by Gasteiger charge is 2.35. The van der Waals surface area contributed by atoms with Crippen LogP contribution in [0.15, 0.2) is 36.4 Å². The second kappa shape index (κ2) is 9.87. The molecular weight excluding hydrogens is 471 g/mol. The number of alkyl carbamates (subject to hydrolysis) is 1. The van der Waals surface area contributed by atoms with Gasteiger partial charge in [0, 0.05) is 18.0 Å². The van der Waals surface area contributed by atoms with E-state index < -0.39 is 29.4 Å². The van der Waals surface area contributed by atoms with Gasteiger partial charge in [0.05, 0.1) is 11.2 Å². The maximum Gasteiger partial charge on any atom is 0.408 e. The third-order valence-corrected chi connectivity index (χ3v) is 6.33. The van der Waals surface area contributed by atoms with Crippen molar-refractivity contribution in [2.75, 3.05) is 6.54 Å². The summed E-state index contributed by atoms with van der Waals surface area (Å²) in [6.45, 7) is 7.20. The van der Waals surface area contributed by atoms with Crippen molar-refractivity contribution in [3.63, 3.8) is 0 Å². The van der Waals surface area contributed by atoms with E-state index in [1.54, 1.807) is 39.8 Å². The Balaban J connectivity index is 1.43. The summed E-state index contributed by atoms with van der Waals surface area (Å²) in [5.74, 6) is -1.89. The number of nitrogens with one attached hydrogen (secondary N) is 3. The van der Waals surface area contributed by atoms with E-state index in [2.05, 4.69) is 15.6 Å². The molecule has 1 atom stereocenters. The highest BCUT2D eigenvalue weighted by atomic mass is 19.1. The normalized spacial score (nSPS) is 18.4. The van der Waals surface area contributed by atoms with Crippen LogP contribution in [0.3, 0.4) is 0 Å². The van der Waals surface area contributed by atoms with Crippen LogP contribution in [-0.4, -0.2) is 35.2 Å². The van der Waals surface area contributed by atoms with Crippen molar-refractivity contribution in [2.45, 2.75) is 58.1 Å². The van der Waals surface area contributed by atoms with Crippen LogP contribution in [0.1, 0.15) is 52.0 Å². The molecular formula is C27H30F3N3O3. The second-order valence-corrected chi connectivity index (χ2v) is 10.4. The Kier molecular flexibility index (Phi) is 7.02. The van der Waals surface area contributed by atoms with Crippen molar-refractivity contribution in [2.24, 2.45) is 5.92 Å². The van der Waals surface area contributed by atoms with Gasteiger partial charge in [-0.1, -0.05) is 0 Å². The number of hydrogen-bond acceptors (Lipinski definition) is 3. The lowest BCUT2D eigenvalue weighted by molar-refractivity contribution is -0.123. The minimum Gasteiger partial charge on any atom is -0.444 e. The summed E-state index contributed by atoms with van der Waals surface area (Å²) in [4.78, 5) is 27.4. The number of aromatic amines is 1. The van der Waals surface area contributed by atoms with Crippen molar-refractivity contribution in [3.05, 3.63) is 59.4 Å². The van der Waals surface area contributed by atoms with Gasteiger partial charge >= 0.3 is 6.09 Å². The highest BCUT2D eigenvalue weighted by molar-refractivity contribution is 5.92. The van der Waals surface area contributed by atoms with Crippen LogP contribution in [0.4, 0.5) is 18.0 Å². The molecule has 2 amide bonds. The number of halogens is 3. The molecule has 1 saturated carbocycles. The minimum atomic E-state index is -0.764. The van der Waals surface area contributed by atoms with Crippen molar-refractivity contribution >= 4 is 22.9 Å². The molecule has 6 nitrogen and oxygen atoms in total. The number of hydrogen-bond donors (Lipinski definition) is 3. The van der Waals surface area contributed by atoms with E-state index in [0.717, 1.165) is 11.6 Å². The number of H-pyrrole nitrogens is 1. The van der Waals surface area contributed by atoms with E-state index in [1.165, 1.54) is 18.2 Å². The Morgan fingerprint density at radius 2 is 1.75 bits per heavy atom. The number of carbonyl (C=O) groups is 2. The van der Waals surface area contributed by atoms with E-state index in [0.29, 0.717) is 36.0 Å². The third-order valence-electron chi connectivity index (χ3n) is 6.33. The Bertz CT molecular complexity index is 1280. The van der Waals surface area contributed by atoms with Gasteiger partial charge in [0.25, 0.3) is 0 Å². The molecule has 0 saturated heterocycles. The summed E-state index contributed by atoms with van der Waals surface area (Å²) in [6, 6.07) is 7.25. The van der Waals surface area contributed by atoms with E-state index in [-0.39, 0.29) is 29.1 Å². The molecule has 0 aliphatic heterocycles. The van der Waals surface area contributed by atoms with Crippen molar-refractivity contribution in [3.8, 4) is 11.3 Å². The Labute approximate surface area is 207 Å². The lowest BCUT2D eigenvalue weighted by Gasteiger charge is -2.36. The molecule has 36 heavy (non-hydrogen) atoms. The van der Waals surface area contributed by atoms with Crippen LogP contribution < -0.4 is 10.6 Å². The van der Waals surface area contributed by atoms with Crippen molar-refractivity contribution < 1.29 is 27.5 Å². The van der Waals surface area contributed by atoms with Gasteiger partial charge in [-0.25, -0.2) is 18.0 Å². The largest absolute Gasteiger partial charge is 0.444 e. The maximum absolute atomic E-state index is 14.5. The standard InChI is InChI=1S/C27H30F3N3O3/c1-14(32-26(35)36-27(2,3)4)25(34)31-13-15-9-17(10-15)22-20-11-19(29)12-21(30)24(20)33-23(22)16-5-7-18(28)8-6-16/h5-8,11-12,14-15,17,33H,9-10,13H2,1-4H3,(H,31,34)(H,32,35)/t14-,15-,17-/m1/s1. The molecule has 3 N–H and O–H groups in total. The second-order valence-electron chi connectivity index (χ2n) is 10.4. The molecule has 0 spiro atoms. The number of rotatable bonds is 6. The fourth-order valence-electron chi connectivity index (χ4n) is 4.59. The van der Waals surface area contributed by atoms with Gasteiger partial charge < -0.3 is 20.4 Å². The molecule has 1 aromatic heterocycles. The number of aromatic nitrogens is 1. The Morgan fingerprint density at radius 3 is 2.39 bits per heavy atom. The van der Waals surface area contributed by atoms with Gasteiger partial charge in [0.15, 0.2) is 0 Å². The average molecular weight is 502 g/mol. The zero-order valence-electron chi connectivity index (χ0n) is 20.7. The first kappa shape index (κ1) is 25.6. The van der Waals surface area contributed by atoms with Crippen LogP contribution >= 0.6 is 0 Å². The maximum atomic E-state index is 14.5. The monoisotopic (exact) mass is 501 g/mol. The molecule has 1 heterocycles. The number of fused-ring (bicyclic) bond motifs is 1. The minimum absolute atomic E-state index is 0.0132. The Hall–Kier alpha value is -3.49. The third kappa shape index (κ3) is 5.66. The summed E-state index contributed by atoms with van der Waals surface area (Å²) in [5, 5.41) is 5.83.